The van der Waals surface area contributed by atoms with Gasteiger partial charge in [0.1, 0.15) is 0 Å². The second kappa shape index (κ2) is 10.7. The maximum absolute atomic E-state index is 11.4. The van der Waals surface area contributed by atoms with E-state index < -0.39 is 0 Å². The minimum Gasteiger partial charge on any atom is -0.329 e. The summed E-state index contributed by atoms with van der Waals surface area (Å²) in [5, 5.41) is 11.4. The minimum atomic E-state index is -0.389. The van der Waals surface area contributed by atoms with Gasteiger partial charge in [0.05, 0.1) is 22.7 Å². The number of aliphatic imine (C=N–C) groups is 1. The van der Waals surface area contributed by atoms with Gasteiger partial charge in [0.2, 0.25) is 0 Å². The standard InChI is InChI=1S/C20H18N4O2.C2H6/c21-10-13-23-20(18-6-1-2-7-19(18)24(25)26)17-5-3-4-16(14-17)15-8-11-22-12-9-15;1-2/h1-9,11-12,14H,10,13,21H2;1-2H3. The highest BCUT2D eigenvalue weighted by Gasteiger charge is 2.19. The molecule has 1 heterocycles. The Morgan fingerprint density at radius 2 is 1.75 bits per heavy atom. The molecule has 0 aliphatic rings. The second-order valence-corrected chi connectivity index (χ2v) is 5.61. The molecule has 6 nitrogen and oxygen atoms in total. The van der Waals surface area contributed by atoms with Gasteiger partial charge in [-0.25, -0.2) is 0 Å². The van der Waals surface area contributed by atoms with Crippen LogP contribution in [-0.2, 0) is 0 Å². The molecule has 0 unspecified atom stereocenters. The van der Waals surface area contributed by atoms with Crippen LogP contribution in [0.15, 0.2) is 78.0 Å². The van der Waals surface area contributed by atoms with Gasteiger partial charge in [-0.2, -0.15) is 0 Å². The molecule has 0 bridgehead atoms. The highest BCUT2D eigenvalue weighted by molar-refractivity contribution is 6.15. The molecule has 2 aromatic carbocycles. The van der Waals surface area contributed by atoms with Crippen molar-refractivity contribution in [2.45, 2.75) is 13.8 Å². The molecule has 0 aliphatic heterocycles. The monoisotopic (exact) mass is 376 g/mol. The first-order valence-electron chi connectivity index (χ1n) is 9.20. The fraction of sp³-hybridized carbons (Fsp3) is 0.182. The Morgan fingerprint density at radius 1 is 1.04 bits per heavy atom. The first kappa shape index (κ1) is 20.9. The van der Waals surface area contributed by atoms with Crippen molar-refractivity contribution < 1.29 is 4.92 Å². The molecule has 144 valence electrons. The van der Waals surface area contributed by atoms with Crippen molar-refractivity contribution in [1.82, 2.24) is 4.98 Å². The average Bonchev–Trinajstić information content (AvgIpc) is 2.76. The Kier molecular flexibility index (Phi) is 7.99. The molecule has 2 N–H and O–H groups in total. The third-order valence-electron chi connectivity index (χ3n) is 3.90. The van der Waals surface area contributed by atoms with Crippen molar-refractivity contribution in [3.05, 3.63) is 94.3 Å². The number of para-hydroxylation sites is 1. The van der Waals surface area contributed by atoms with Gasteiger partial charge < -0.3 is 5.73 Å². The van der Waals surface area contributed by atoms with Crippen molar-refractivity contribution in [3.63, 3.8) is 0 Å². The van der Waals surface area contributed by atoms with Crippen molar-refractivity contribution in [1.29, 1.82) is 0 Å². The van der Waals surface area contributed by atoms with Crippen LogP contribution >= 0.6 is 0 Å². The van der Waals surface area contributed by atoms with Gasteiger partial charge in [-0.15, -0.1) is 0 Å². The second-order valence-electron chi connectivity index (χ2n) is 5.61. The van der Waals surface area contributed by atoms with Gasteiger partial charge in [0, 0.05) is 30.6 Å². The zero-order valence-corrected chi connectivity index (χ0v) is 16.1. The van der Waals surface area contributed by atoms with E-state index in [0.717, 1.165) is 16.7 Å². The summed E-state index contributed by atoms with van der Waals surface area (Å²) in [6.07, 6.45) is 3.46. The zero-order valence-electron chi connectivity index (χ0n) is 16.1. The molecule has 0 saturated heterocycles. The quantitative estimate of drug-likeness (QED) is 0.390. The predicted molar refractivity (Wildman–Crippen MR) is 114 cm³/mol. The summed E-state index contributed by atoms with van der Waals surface area (Å²) in [6.45, 7) is 4.76. The Hall–Kier alpha value is -3.38. The van der Waals surface area contributed by atoms with E-state index in [1.165, 1.54) is 6.07 Å². The van der Waals surface area contributed by atoms with Gasteiger partial charge >= 0.3 is 0 Å². The SMILES string of the molecule is CC.NCCN=C(c1cccc(-c2ccncc2)c1)c1ccccc1[N+](=O)[O-]. The maximum atomic E-state index is 11.4. The van der Waals surface area contributed by atoms with Crippen molar-refractivity contribution in [3.8, 4) is 11.1 Å². The lowest BCUT2D eigenvalue weighted by atomic mass is 9.97. The number of nitro groups is 1. The number of hydrogen-bond acceptors (Lipinski definition) is 5. The van der Waals surface area contributed by atoms with E-state index in [-0.39, 0.29) is 10.6 Å². The number of aromatic nitrogens is 1. The molecule has 1 aromatic heterocycles. The van der Waals surface area contributed by atoms with E-state index in [4.69, 9.17) is 5.73 Å². The first-order chi connectivity index (χ1) is 13.7. The van der Waals surface area contributed by atoms with E-state index in [0.29, 0.717) is 24.4 Å². The van der Waals surface area contributed by atoms with Gasteiger partial charge in [-0.1, -0.05) is 44.2 Å². The summed E-state index contributed by atoms with van der Waals surface area (Å²) < 4.78 is 0. The Labute approximate surface area is 164 Å². The molecule has 0 fully saturated rings. The average molecular weight is 376 g/mol. The van der Waals surface area contributed by atoms with Crippen LogP contribution in [0.4, 0.5) is 5.69 Å². The summed E-state index contributed by atoms with van der Waals surface area (Å²) in [6, 6.07) is 18.2. The lowest BCUT2D eigenvalue weighted by Crippen LogP contribution is -2.11. The molecule has 0 amide bonds. The number of hydrogen-bond donors (Lipinski definition) is 1. The normalized spacial score (nSPS) is 10.8. The molecule has 0 saturated carbocycles. The number of pyridine rings is 1. The smallest absolute Gasteiger partial charge is 0.278 e. The topological polar surface area (TPSA) is 94.4 Å². The van der Waals surface area contributed by atoms with Crippen LogP contribution in [0, 0.1) is 10.1 Å². The van der Waals surface area contributed by atoms with Gasteiger partial charge in [-0.05, 0) is 35.4 Å². The van der Waals surface area contributed by atoms with Crippen LogP contribution in [0.2, 0.25) is 0 Å². The molecule has 0 aliphatic carbocycles. The highest BCUT2D eigenvalue weighted by Crippen LogP contribution is 2.25. The molecule has 0 atom stereocenters. The third kappa shape index (κ3) is 5.08. The van der Waals surface area contributed by atoms with E-state index >= 15 is 0 Å². The van der Waals surface area contributed by atoms with Gasteiger partial charge in [0.15, 0.2) is 0 Å². The fourth-order valence-corrected chi connectivity index (χ4v) is 2.73. The Balaban J connectivity index is 0.00000136. The van der Waals surface area contributed by atoms with Crippen LogP contribution in [0.5, 0.6) is 0 Å². The Bertz CT molecular complexity index is 940. The summed E-state index contributed by atoms with van der Waals surface area (Å²) >= 11 is 0. The van der Waals surface area contributed by atoms with Crippen molar-refractivity contribution in [2.24, 2.45) is 10.7 Å². The van der Waals surface area contributed by atoms with Crippen molar-refractivity contribution >= 4 is 11.4 Å². The summed E-state index contributed by atoms with van der Waals surface area (Å²) in [4.78, 5) is 19.6. The summed E-state index contributed by atoms with van der Waals surface area (Å²) in [5.74, 6) is 0. The van der Waals surface area contributed by atoms with Gasteiger partial charge in [-0.3, -0.25) is 20.1 Å². The largest absolute Gasteiger partial charge is 0.329 e. The number of nitrogens with two attached hydrogens (primary N) is 1. The lowest BCUT2D eigenvalue weighted by Gasteiger charge is -2.10. The van der Waals surface area contributed by atoms with Crippen molar-refractivity contribution in [2.75, 3.05) is 13.1 Å². The van der Waals surface area contributed by atoms with Crippen LogP contribution in [0.1, 0.15) is 25.0 Å². The molecule has 3 rings (SSSR count). The molecule has 6 heteroatoms. The fourth-order valence-electron chi connectivity index (χ4n) is 2.73. The molecule has 0 spiro atoms. The van der Waals surface area contributed by atoms with E-state index in [1.807, 2.05) is 50.2 Å². The molecular weight excluding hydrogens is 352 g/mol. The molecule has 0 radical (unpaired) electrons. The summed E-state index contributed by atoms with van der Waals surface area (Å²) in [7, 11) is 0. The molecule has 3 aromatic rings. The summed E-state index contributed by atoms with van der Waals surface area (Å²) in [5.41, 5.74) is 9.50. The van der Waals surface area contributed by atoms with Crippen LogP contribution in [-0.4, -0.2) is 28.7 Å². The third-order valence-corrected chi connectivity index (χ3v) is 3.90. The molecular formula is C22H24N4O2. The van der Waals surface area contributed by atoms with Crippen LogP contribution in [0.3, 0.4) is 0 Å². The zero-order chi connectivity index (χ0) is 20.4. The number of nitro benzene ring substituents is 1. The van der Waals surface area contributed by atoms with Crippen LogP contribution < -0.4 is 5.73 Å². The minimum absolute atomic E-state index is 0.0255. The Morgan fingerprint density at radius 3 is 2.43 bits per heavy atom. The van der Waals surface area contributed by atoms with Gasteiger partial charge in [0.25, 0.3) is 5.69 Å². The number of rotatable bonds is 6. The highest BCUT2D eigenvalue weighted by atomic mass is 16.6. The van der Waals surface area contributed by atoms with E-state index in [9.17, 15) is 10.1 Å². The maximum Gasteiger partial charge on any atom is 0.278 e. The van der Waals surface area contributed by atoms with E-state index in [1.54, 1.807) is 30.6 Å². The van der Waals surface area contributed by atoms with E-state index in [2.05, 4.69) is 9.98 Å². The number of benzene rings is 2. The molecule has 28 heavy (non-hydrogen) atoms. The predicted octanol–water partition coefficient (Wildman–Crippen LogP) is 4.48. The lowest BCUT2D eigenvalue weighted by molar-refractivity contribution is -0.385. The first-order valence-corrected chi connectivity index (χ1v) is 9.20. The van der Waals surface area contributed by atoms with Crippen LogP contribution in [0.25, 0.3) is 11.1 Å². The number of nitrogens with zero attached hydrogens (tertiary/aromatic N) is 3.